The highest BCUT2D eigenvalue weighted by molar-refractivity contribution is 5.87. The van der Waals surface area contributed by atoms with Gasteiger partial charge in [-0.15, -0.1) is 0 Å². The lowest BCUT2D eigenvalue weighted by molar-refractivity contribution is 0.187. The van der Waals surface area contributed by atoms with E-state index in [4.69, 9.17) is 17.2 Å². The Bertz CT molecular complexity index is 843. The predicted octanol–water partition coefficient (Wildman–Crippen LogP) is 2.45. The molecule has 130 valence electrons. The molecule has 0 unspecified atom stereocenters. The molecule has 0 fully saturated rings. The fourth-order valence-electron chi connectivity index (χ4n) is 2.26. The highest BCUT2D eigenvalue weighted by Gasteiger charge is 2.07. The molecule has 0 saturated heterocycles. The molecule has 1 heterocycles. The van der Waals surface area contributed by atoms with E-state index >= 15 is 0 Å². The quantitative estimate of drug-likeness (QED) is 0.500. The van der Waals surface area contributed by atoms with Crippen molar-refractivity contribution in [3.63, 3.8) is 0 Å². The Labute approximate surface area is 146 Å². The van der Waals surface area contributed by atoms with Gasteiger partial charge in [-0.3, -0.25) is 5.32 Å². The molecule has 2 rings (SSSR count). The Morgan fingerprint density at radius 2 is 2.04 bits per heavy atom. The van der Waals surface area contributed by atoms with Gasteiger partial charge in [0.2, 0.25) is 0 Å². The Morgan fingerprint density at radius 3 is 2.72 bits per heavy atom. The first-order valence-corrected chi connectivity index (χ1v) is 7.51. The topological polar surface area (TPSA) is 129 Å². The average Bonchev–Trinajstić information content (AvgIpc) is 2.61. The maximum absolute atomic E-state index is 11.3. The number of amides is 1. The lowest BCUT2D eigenvalue weighted by atomic mass is 10.0. The second-order valence-electron chi connectivity index (χ2n) is 5.34. The molecule has 2 aromatic rings. The van der Waals surface area contributed by atoms with Crippen LogP contribution in [0.3, 0.4) is 0 Å². The third-order valence-corrected chi connectivity index (χ3v) is 3.57. The summed E-state index contributed by atoms with van der Waals surface area (Å²) in [6, 6.07) is 8.97. The largest absolute Gasteiger partial charge is 0.453 e. The number of aromatic nitrogens is 1. The molecule has 0 aliphatic rings. The van der Waals surface area contributed by atoms with Crippen LogP contribution < -0.4 is 22.5 Å². The van der Waals surface area contributed by atoms with Crippen molar-refractivity contribution >= 4 is 28.9 Å². The SMILES string of the molecule is COC(=O)Nc1cc(C(/C=C(\N)c2cc(N)ccc2C)=C/N)ccn1. The zero-order valence-corrected chi connectivity index (χ0v) is 14.1. The van der Waals surface area contributed by atoms with Gasteiger partial charge in [0.15, 0.2) is 0 Å². The zero-order valence-electron chi connectivity index (χ0n) is 14.1. The lowest BCUT2D eigenvalue weighted by Gasteiger charge is -2.10. The van der Waals surface area contributed by atoms with Crippen LogP contribution in [-0.4, -0.2) is 18.2 Å². The smallest absolute Gasteiger partial charge is 0.412 e. The summed E-state index contributed by atoms with van der Waals surface area (Å²) >= 11 is 0. The number of allylic oxidation sites excluding steroid dienone is 2. The fraction of sp³-hybridized carbons (Fsp3) is 0.111. The van der Waals surface area contributed by atoms with Gasteiger partial charge in [-0.05, 0) is 54.0 Å². The molecule has 7 N–H and O–H groups in total. The van der Waals surface area contributed by atoms with Crippen molar-refractivity contribution in [3.8, 4) is 0 Å². The zero-order chi connectivity index (χ0) is 18.4. The number of rotatable bonds is 4. The second kappa shape index (κ2) is 7.87. The van der Waals surface area contributed by atoms with E-state index < -0.39 is 6.09 Å². The molecule has 0 radical (unpaired) electrons. The van der Waals surface area contributed by atoms with E-state index in [-0.39, 0.29) is 0 Å². The standard InChI is InChI=1S/C18H21N5O2/c1-11-3-4-14(20)9-15(11)16(21)7-13(10-19)12-5-6-22-17(8-12)23-18(24)25-2/h3-10H,19-21H2,1-2H3,(H,22,23,24)/b13-10+,16-7-. The van der Waals surface area contributed by atoms with Crippen LogP contribution in [0.15, 0.2) is 48.8 Å². The van der Waals surface area contributed by atoms with Crippen molar-refractivity contribution in [2.45, 2.75) is 6.92 Å². The number of pyridine rings is 1. The van der Waals surface area contributed by atoms with Crippen LogP contribution in [0.2, 0.25) is 0 Å². The Hall–Kier alpha value is -3.48. The second-order valence-corrected chi connectivity index (χ2v) is 5.34. The van der Waals surface area contributed by atoms with Gasteiger partial charge >= 0.3 is 6.09 Å². The number of nitrogens with zero attached hydrogens (tertiary/aromatic N) is 1. The molecule has 0 aliphatic heterocycles. The first-order chi connectivity index (χ1) is 11.9. The number of anilines is 2. The van der Waals surface area contributed by atoms with E-state index in [1.165, 1.54) is 13.3 Å². The minimum absolute atomic E-state index is 0.343. The molecule has 0 saturated carbocycles. The van der Waals surface area contributed by atoms with Crippen LogP contribution in [0.1, 0.15) is 16.7 Å². The van der Waals surface area contributed by atoms with Crippen LogP contribution >= 0.6 is 0 Å². The molecule has 7 heteroatoms. The number of methoxy groups -OCH3 is 1. The number of ether oxygens (including phenoxy) is 1. The Kier molecular flexibility index (Phi) is 5.62. The van der Waals surface area contributed by atoms with E-state index in [1.54, 1.807) is 24.4 Å². The molecule has 7 nitrogen and oxygen atoms in total. The number of hydrogen-bond donors (Lipinski definition) is 4. The predicted molar refractivity (Wildman–Crippen MR) is 100 cm³/mol. The van der Waals surface area contributed by atoms with Gasteiger partial charge in [0.25, 0.3) is 0 Å². The number of nitrogens with one attached hydrogen (secondary N) is 1. The van der Waals surface area contributed by atoms with Crippen LogP contribution in [0.5, 0.6) is 0 Å². The molecule has 0 aliphatic carbocycles. The van der Waals surface area contributed by atoms with Gasteiger partial charge in [-0.1, -0.05) is 6.07 Å². The van der Waals surface area contributed by atoms with E-state index in [0.29, 0.717) is 22.8 Å². The summed E-state index contributed by atoms with van der Waals surface area (Å²) in [6.45, 7) is 1.95. The monoisotopic (exact) mass is 339 g/mol. The van der Waals surface area contributed by atoms with Crippen molar-refractivity contribution in [2.75, 3.05) is 18.2 Å². The van der Waals surface area contributed by atoms with Gasteiger partial charge in [0, 0.05) is 29.3 Å². The summed E-state index contributed by atoms with van der Waals surface area (Å²) in [4.78, 5) is 15.4. The number of nitrogens with two attached hydrogens (primary N) is 3. The molecule has 0 spiro atoms. The third kappa shape index (κ3) is 4.51. The number of hydrogen-bond acceptors (Lipinski definition) is 6. The first-order valence-electron chi connectivity index (χ1n) is 7.51. The van der Waals surface area contributed by atoms with E-state index in [1.807, 2.05) is 25.1 Å². The fourth-order valence-corrected chi connectivity index (χ4v) is 2.26. The van der Waals surface area contributed by atoms with Crippen LogP contribution in [-0.2, 0) is 4.74 Å². The highest BCUT2D eigenvalue weighted by Crippen LogP contribution is 2.23. The summed E-state index contributed by atoms with van der Waals surface area (Å²) < 4.78 is 4.55. The molecule has 1 amide bonds. The highest BCUT2D eigenvalue weighted by atomic mass is 16.5. The van der Waals surface area contributed by atoms with Gasteiger partial charge in [-0.25, -0.2) is 9.78 Å². The Morgan fingerprint density at radius 1 is 1.28 bits per heavy atom. The van der Waals surface area contributed by atoms with Gasteiger partial charge in [0.1, 0.15) is 5.82 Å². The van der Waals surface area contributed by atoms with E-state index in [0.717, 1.165) is 16.7 Å². The van der Waals surface area contributed by atoms with Crippen molar-refractivity contribution < 1.29 is 9.53 Å². The van der Waals surface area contributed by atoms with Gasteiger partial charge in [-0.2, -0.15) is 0 Å². The van der Waals surface area contributed by atoms with E-state index in [2.05, 4.69) is 15.0 Å². The van der Waals surface area contributed by atoms with Crippen molar-refractivity contribution in [1.82, 2.24) is 4.98 Å². The molecular weight excluding hydrogens is 318 g/mol. The maximum Gasteiger partial charge on any atom is 0.412 e. The molecule has 0 atom stereocenters. The first kappa shape index (κ1) is 17.9. The number of carbonyl (C=O) groups is 1. The van der Waals surface area contributed by atoms with Crippen LogP contribution in [0, 0.1) is 6.92 Å². The van der Waals surface area contributed by atoms with Crippen LogP contribution in [0.4, 0.5) is 16.3 Å². The summed E-state index contributed by atoms with van der Waals surface area (Å²) in [5, 5.41) is 2.50. The minimum Gasteiger partial charge on any atom is -0.453 e. The summed E-state index contributed by atoms with van der Waals surface area (Å²) in [6.07, 6.45) is 4.14. The normalized spacial score (nSPS) is 11.9. The molecule has 1 aromatic heterocycles. The summed E-state index contributed by atoms with van der Waals surface area (Å²) in [5.74, 6) is 0.343. The van der Waals surface area contributed by atoms with Crippen molar-refractivity contribution in [3.05, 3.63) is 65.5 Å². The molecular formula is C18H21N5O2. The van der Waals surface area contributed by atoms with Crippen LogP contribution in [0.25, 0.3) is 11.3 Å². The summed E-state index contributed by atoms with van der Waals surface area (Å²) in [5.41, 5.74) is 22.2. The third-order valence-electron chi connectivity index (χ3n) is 3.57. The molecule has 1 aromatic carbocycles. The maximum atomic E-state index is 11.3. The van der Waals surface area contributed by atoms with Crippen molar-refractivity contribution in [1.29, 1.82) is 0 Å². The minimum atomic E-state index is -0.603. The molecule has 25 heavy (non-hydrogen) atoms. The van der Waals surface area contributed by atoms with Crippen molar-refractivity contribution in [2.24, 2.45) is 11.5 Å². The lowest BCUT2D eigenvalue weighted by Crippen LogP contribution is -2.12. The van der Waals surface area contributed by atoms with Gasteiger partial charge < -0.3 is 21.9 Å². The number of aryl methyl sites for hydroxylation is 1. The van der Waals surface area contributed by atoms with Gasteiger partial charge in [0.05, 0.1) is 7.11 Å². The van der Waals surface area contributed by atoms with E-state index in [9.17, 15) is 4.79 Å². The molecule has 0 bridgehead atoms. The number of nitrogen functional groups attached to an aromatic ring is 1. The Balaban J connectivity index is 2.35. The number of carbonyl (C=O) groups excluding carboxylic acids is 1. The average molecular weight is 339 g/mol. The number of benzene rings is 1. The summed E-state index contributed by atoms with van der Waals surface area (Å²) in [7, 11) is 1.28.